The third-order valence-electron chi connectivity index (χ3n) is 9.45. The Kier molecular flexibility index (Phi) is 9.54. The second kappa shape index (κ2) is 13.0. The van der Waals surface area contributed by atoms with Crippen LogP contribution in [0.4, 0.5) is 10.2 Å². The fourth-order valence-corrected chi connectivity index (χ4v) is 7.25. The van der Waals surface area contributed by atoms with E-state index in [0.717, 1.165) is 39.1 Å². The summed E-state index contributed by atoms with van der Waals surface area (Å²) in [4.78, 5) is 24.4. The van der Waals surface area contributed by atoms with E-state index in [1.54, 1.807) is 4.90 Å². The number of benzene rings is 1. The number of carbonyl (C=O) groups is 1. The van der Waals surface area contributed by atoms with Crippen molar-refractivity contribution in [1.29, 1.82) is 0 Å². The number of piperidine rings is 1. The van der Waals surface area contributed by atoms with Crippen molar-refractivity contribution < 1.29 is 13.9 Å². The number of carbonyl (C=O) groups excluding carboxylic acids is 1. The van der Waals surface area contributed by atoms with Gasteiger partial charge in [-0.1, -0.05) is 0 Å². The molecule has 3 heterocycles. The molecule has 9 nitrogen and oxygen atoms in total. The van der Waals surface area contributed by atoms with Crippen molar-refractivity contribution in [3.8, 4) is 11.6 Å². The van der Waals surface area contributed by atoms with Gasteiger partial charge in [0.15, 0.2) is 5.82 Å². The molecule has 2 aliphatic heterocycles. The fourth-order valence-electron chi connectivity index (χ4n) is 7.13. The van der Waals surface area contributed by atoms with Crippen LogP contribution in [-0.2, 0) is 0 Å². The summed E-state index contributed by atoms with van der Waals surface area (Å²) in [5, 5.41) is 8.14. The van der Waals surface area contributed by atoms with Crippen molar-refractivity contribution >= 4 is 23.3 Å². The average molecular weight is 602 g/mol. The summed E-state index contributed by atoms with van der Waals surface area (Å²) < 4.78 is 20.5. The lowest BCUT2D eigenvalue weighted by atomic mass is 9.67. The van der Waals surface area contributed by atoms with Crippen molar-refractivity contribution in [2.24, 2.45) is 17.1 Å². The Morgan fingerprint density at radius 3 is 2.45 bits per heavy atom. The van der Waals surface area contributed by atoms with Gasteiger partial charge in [0.05, 0.1) is 5.56 Å². The molecule has 1 aromatic heterocycles. The van der Waals surface area contributed by atoms with Crippen LogP contribution in [-0.4, -0.2) is 81.7 Å². The van der Waals surface area contributed by atoms with E-state index in [1.807, 2.05) is 27.7 Å². The quantitative estimate of drug-likeness (QED) is 0.422. The number of likely N-dealkylation sites (tertiary alicyclic amines) is 1. The van der Waals surface area contributed by atoms with Crippen molar-refractivity contribution in [3.05, 3.63) is 34.9 Å². The van der Waals surface area contributed by atoms with Gasteiger partial charge in [-0.3, -0.25) is 4.79 Å². The monoisotopic (exact) mass is 601 g/mol. The van der Waals surface area contributed by atoms with Crippen molar-refractivity contribution in [3.63, 3.8) is 0 Å². The predicted molar refractivity (Wildman–Crippen MR) is 163 cm³/mol. The molecule has 42 heavy (non-hydrogen) atoms. The maximum Gasteiger partial charge on any atom is 0.282 e. The zero-order valence-corrected chi connectivity index (χ0v) is 26.1. The topological polar surface area (TPSA) is 101 Å². The number of hydrogen-bond acceptors (Lipinski definition) is 8. The second-order valence-corrected chi connectivity index (χ2v) is 13.4. The highest BCUT2D eigenvalue weighted by molar-refractivity contribution is 6.28. The summed E-state index contributed by atoms with van der Waals surface area (Å²) in [6.07, 6.45) is 8.44. The third-order valence-corrected chi connectivity index (χ3v) is 9.61. The molecule has 1 atom stereocenters. The molecule has 0 bridgehead atoms. The molecule has 3 aliphatic rings. The summed E-state index contributed by atoms with van der Waals surface area (Å²) in [6.45, 7) is 12.7. The number of nitrogens with two attached hydrogens (primary N) is 1. The lowest BCUT2D eigenvalue weighted by Crippen LogP contribution is -2.45. The van der Waals surface area contributed by atoms with Gasteiger partial charge in [0.1, 0.15) is 11.6 Å². The largest absolute Gasteiger partial charge is 0.434 e. The smallest absolute Gasteiger partial charge is 0.282 e. The van der Waals surface area contributed by atoms with E-state index in [2.05, 4.69) is 25.0 Å². The molecule has 1 amide bonds. The lowest BCUT2D eigenvalue weighted by Gasteiger charge is -2.46. The molecule has 2 N–H and O–H groups in total. The highest BCUT2D eigenvalue weighted by Gasteiger charge is 2.38. The molecule has 3 fully saturated rings. The number of anilines is 1. The molecule has 2 aromatic rings. The van der Waals surface area contributed by atoms with E-state index in [1.165, 1.54) is 56.7 Å². The predicted octanol–water partition coefficient (Wildman–Crippen LogP) is 5.53. The maximum absolute atomic E-state index is 14.3. The van der Waals surface area contributed by atoms with Gasteiger partial charge in [-0.2, -0.15) is 4.98 Å². The van der Waals surface area contributed by atoms with Gasteiger partial charge in [0.2, 0.25) is 5.28 Å². The number of hydrogen-bond donors (Lipinski definition) is 1. The first-order chi connectivity index (χ1) is 20.0. The van der Waals surface area contributed by atoms with E-state index in [0.29, 0.717) is 23.2 Å². The lowest BCUT2D eigenvalue weighted by molar-refractivity contribution is 0.0567. The second-order valence-electron chi connectivity index (χ2n) is 13.1. The van der Waals surface area contributed by atoms with Crippen LogP contribution in [0.5, 0.6) is 11.6 Å². The Morgan fingerprint density at radius 2 is 1.79 bits per heavy atom. The van der Waals surface area contributed by atoms with E-state index in [4.69, 9.17) is 22.1 Å². The molecule has 1 spiro atoms. The minimum Gasteiger partial charge on any atom is -0.434 e. The zero-order chi connectivity index (χ0) is 30.0. The van der Waals surface area contributed by atoms with E-state index < -0.39 is 5.82 Å². The fraction of sp³-hybridized carbons (Fsp3) is 0.677. The summed E-state index contributed by atoms with van der Waals surface area (Å²) in [5.41, 5.74) is 6.80. The van der Waals surface area contributed by atoms with Gasteiger partial charge in [-0.25, -0.2) is 4.39 Å². The molecule has 1 saturated carbocycles. The molecule has 1 aromatic carbocycles. The molecular formula is C31H45ClFN7O2. The van der Waals surface area contributed by atoms with Gasteiger partial charge in [-0.15, -0.1) is 10.2 Å². The van der Waals surface area contributed by atoms with Crippen LogP contribution in [0.25, 0.3) is 0 Å². The SMILES string of the molecule is CC(C)N(C(=O)c1cc(F)ccc1Oc1nnc(Cl)nc1N1CCC(CN2CCC3(CCC(N)CC3)CC2)C1)C(C)C. The Hall–Kier alpha value is -2.56. The van der Waals surface area contributed by atoms with E-state index in [-0.39, 0.29) is 40.5 Å². The number of ether oxygens (including phenoxy) is 1. The first-order valence-corrected chi connectivity index (χ1v) is 15.8. The van der Waals surface area contributed by atoms with Gasteiger partial charge in [-0.05, 0) is 127 Å². The number of aromatic nitrogens is 3. The molecule has 2 saturated heterocycles. The molecule has 230 valence electrons. The normalized spacial score (nSPS) is 21.5. The number of rotatable bonds is 8. The number of amides is 1. The Balaban J connectivity index is 1.27. The molecule has 11 heteroatoms. The third kappa shape index (κ3) is 6.97. The van der Waals surface area contributed by atoms with Crippen molar-refractivity contribution in [1.82, 2.24) is 25.0 Å². The van der Waals surface area contributed by atoms with Crippen LogP contribution < -0.4 is 15.4 Å². The maximum atomic E-state index is 14.3. The minimum absolute atomic E-state index is 0.0236. The summed E-state index contributed by atoms with van der Waals surface area (Å²) in [5.74, 6) is 0.490. The van der Waals surface area contributed by atoms with Crippen LogP contribution >= 0.6 is 11.6 Å². The molecule has 5 rings (SSSR count). The number of halogens is 2. The first-order valence-electron chi connectivity index (χ1n) is 15.5. The Bertz CT molecular complexity index is 1240. The van der Waals surface area contributed by atoms with Crippen LogP contribution in [0.1, 0.15) is 83.0 Å². The Labute approximate surface area is 253 Å². The minimum atomic E-state index is -0.517. The average Bonchev–Trinajstić information content (AvgIpc) is 3.41. The zero-order valence-electron chi connectivity index (χ0n) is 25.4. The molecule has 1 aliphatic carbocycles. The van der Waals surface area contributed by atoms with Crippen molar-refractivity contribution in [2.45, 2.75) is 90.8 Å². The first kappa shape index (κ1) is 30.9. The van der Waals surface area contributed by atoms with E-state index >= 15 is 0 Å². The van der Waals surface area contributed by atoms with Gasteiger partial charge in [0, 0.05) is 37.8 Å². The standard InChI is InChI=1S/C31H45ClFN7O2/c1-20(2)40(21(3)4)29(41)25-17-23(33)5-6-26(25)42-28-27(35-30(32)37-36-28)39-14-9-22(19-39)18-38-15-12-31(13-16-38)10-7-24(34)8-11-31/h5-6,17,20-22,24H,7-16,18-19,34H2,1-4H3. The molecule has 1 unspecified atom stereocenters. The highest BCUT2D eigenvalue weighted by atomic mass is 35.5. The number of nitrogens with zero attached hydrogens (tertiary/aromatic N) is 6. The van der Waals surface area contributed by atoms with Crippen molar-refractivity contribution in [2.75, 3.05) is 37.6 Å². The summed E-state index contributed by atoms with van der Waals surface area (Å²) in [6, 6.07) is 4.18. The highest BCUT2D eigenvalue weighted by Crippen LogP contribution is 2.44. The van der Waals surface area contributed by atoms with Crippen LogP contribution in [0.15, 0.2) is 18.2 Å². The summed E-state index contributed by atoms with van der Waals surface area (Å²) >= 11 is 6.19. The van der Waals surface area contributed by atoms with Gasteiger partial charge in [0.25, 0.3) is 11.8 Å². The van der Waals surface area contributed by atoms with E-state index in [9.17, 15) is 9.18 Å². The molecular weight excluding hydrogens is 557 g/mol. The van der Waals surface area contributed by atoms with Crippen LogP contribution in [0.2, 0.25) is 5.28 Å². The molecule has 0 radical (unpaired) electrons. The van der Waals surface area contributed by atoms with Gasteiger partial charge < -0.3 is 25.2 Å². The van der Waals surface area contributed by atoms with Gasteiger partial charge >= 0.3 is 0 Å². The van der Waals surface area contributed by atoms with Crippen LogP contribution in [0, 0.1) is 17.2 Å². The summed E-state index contributed by atoms with van der Waals surface area (Å²) in [7, 11) is 0. The van der Waals surface area contributed by atoms with Crippen LogP contribution in [0.3, 0.4) is 0 Å². The Morgan fingerprint density at radius 1 is 1.10 bits per heavy atom.